The fourth-order valence-electron chi connectivity index (χ4n) is 4.12. The lowest BCUT2D eigenvalue weighted by Gasteiger charge is -2.04. The third-order valence-electron chi connectivity index (χ3n) is 5.91. The molecule has 0 N–H and O–H groups in total. The minimum atomic E-state index is 1.32. The molecule has 1 rings (SSSR count). The third-order valence-corrected chi connectivity index (χ3v) is 5.91. The van der Waals surface area contributed by atoms with Gasteiger partial charge in [-0.3, -0.25) is 0 Å². The van der Waals surface area contributed by atoms with E-state index < -0.39 is 0 Å². The molecule has 1 aliphatic rings. The van der Waals surface area contributed by atoms with Gasteiger partial charge >= 0.3 is 0 Å². The third kappa shape index (κ3) is 18.3. The van der Waals surface area contributed by atoms with Gasteiger partial charge in [-0.25, -0.2) is 0 Å². The summed E-state index contributed by atoms with van der Waals surface area (Å²) in [7, 11) is 0. The highest BCUT2D eigenvalue weighted by Crippen LogP contribution is 2.15. The second-order valence-corrected chi connectivity index (χ2v) is 8.47. The second-order valence-electron chi connectivity index (χ2n) is 8.47. The van der Waals surface area contributed by atoms with E-state index in [1.807, 2.05) is 0 Å². The standard InChI is InChI=1S/C25H48/c1-2-4-6-8-10-12-14-16-18-20-22-24-25-23-21-19-17-15-13-11-9-7-5-3-1/h1-2H,3-25H2/b2-1-. The Bertz CT molecular complexity index is 239. The van der Waals surface area contributed by atoms with Crippen molar-refractivity contribution in [2.75, 3.05) is 0 Å². The second kappa shape index (κ2) is 20.1. The zero-order chi connectivity index (χ0) is 17.7. The summed E-state index contributed by atoms with van der Waals surface area (Å²) < 4.78 is 0. The van der Waals surface area contributed by atoms with E-state index in [2.05, 4.69) is 12.2 Å². The van der Waals surface area contributed by atoms with Crippen LogP contribution < -0.4 is 0 Å². The molecule has 0 nitrogen and oxygen atoms in total. The van der Waals surface area contributed by atoms with Gasteiger partial charge in [0.1, 0.15) is 0 Å². The topological polar surface area (TPSA) is 0 Å². The molecule has 0 aromatic rings. The first-order valence-electron chi connectivity index (χ1n) is 12.1. The number of allylic oxidation sites excluding steroid dienone is 2. The first kappa shape index (κ1) is 22.8. The highest BCUT2D eigenvalue weighted by atomic mass is 14.0. The van der Waals surface area contributed by atoms with Crippen LogP contribution in [0.3, 0.4) is 0 Å². The molecule has 0 aliphatic heterocycles. The van der Waals surface area contributed by atoms with Crippen LogP contribution in [-0.4, -0.2) is 0 Å². The van der Waals surface area contributed by atoms with Crippen LogP contribution in [0.15, 0.2) is 12.2 Å². The van der Waals surface area contributed by atoms with Crippen molar-refractivity contribution in [3.05, 3.63) is 12.2 Å². The van der Waals surface area contributed by atoms with Crippen molar-refractivity contribution in [1.82, 2.24) is 0 Å². The van der Waals surface area contributed by atoms with Crippen molar-refractivity contribution in [1.29, 1.82) is 0 Å². The molecule has 0 atom stereocenters. The fourth-order valence-corrected chi connectivity index (χ4v) is 4.12. The van der Waals surface area contributed by atoms with Gasteiger partial charge in [-0.15, -0.1) is 0 Å². The summed E-state index contributed by atoms with van der Waals surface area (Å²) in [6.45, 7) is 0. The molecule has 0 aromatic carbocycles. The molecule has 25 heavy (non-hydrogen) atoms. The van der Waals surface area contributed by atoms with Crippen molar-refractivity contribution in [3.63, 3.8) is 0 Å². The Morgan fingerprint density at radius 1 is 0.200 bits per heavy atom. The van der Waals surface area contributed by atoms with Gasteiger partial charge in [0.05, 0.1) is 0 Å². The minimum Gasteiger partial charge on any atom is -0.0885 e. The summed E-state index contributed by atoms with van der Waals surface area (Å²) in [4.78, 5) is 0. The van der Waals surface area contributed by atoms with Gasteiger partial charge in [0, 0.05) is 0 Å². The van der Waals surface area contributed by atoms with Gasteiger partial charge in [-0.2, -0.15) is 0 Å². The first-order valence-corrected chi connectivity index (χ1v) is 12.1. The molecular formula is C25H48. The lowest BCUT2D eigenvalue weighted by atomic mass is 10.0. The van der Waals surface area contributed by atoms with E-state index in [-0.39, 0.29) is 0 Å². The van der Waals surface area contributed by atoms with Gasteiger partial charge in [-0.1, -0.05) is 134 Å². The van der Waals surface area contributed by atoms with E-state index in [9.17, 15) is 0 Å². The van der Waals surface area contributed by atoms with Gasteiger partial charge in [0.2, 0.25) is 0 Å². The van der Waals surface area contributed by atoms with Crippen LogP contribution in [0.1, 0.15) is 148 Å². The van der Waals surface area contributed by atoms with Crippen molar-refractivity contribution < 1.29 is 0 Å². The first-order chi connectivity index (χ1) is 12.5. The summed E-state index contributed by atoms with van der Waals surface area (Å²) in [5, 5.41) is 0. The molecule has 0 heteroatoms. The van der Waals surface area contributed by atoms with Crippen LogP contribution in [-0.2, 0) is 0 Å². The molecule has 0 saturated heterocycles. The zero-order valence-corrected chi connectivity index (χ0v) is 17.4. The number of hydrogen-bond donors (Lipinski definition) is 0. The van der Waals surface area contributed by atoms with Crippen LogP contribution >= 0.6 is 0 Å². The molecule has 0 spiro atoms. The molecule has 0 unspecified atom stereocenters. The Morgan fingerprint density at radius 2 is 0.360 bits per heavy atom. The predicted molar refractivity (Wildman–Crippen MR) is 115 cm³/mol. The highest BCUT2D eigenvalue weighted by molar-refractivity contribution is 4.81. The van der Waals surface area contributed by atoms with E-state index in [1.165, 1.54) is 148 Å². The molecule has 148 valence electrons. The monoisotopic (exact) mass is 348 g/mol. The molecule has 0 aromatic heterocycles. The lowest BCUT2D eigenvalue weighted by molar-refractivity contribution is 0.520. The van der Waals surface area contributed by atoms with Crippen molar-refractivity contribution in [2.45, 2.75) is 148 Å². The van der Waals surface area contributed by atoms with Crippen LogP contribution in [0.5, 0.6) is 0 Å². The number of rotatable bonds is 0. The summed E-state index contributed by atoms with van der Waals surface area (Å²) in [6, 6.07) is 0. The summed E-state index contributed by atoms with van der Waals surface area (Å²) in [5.74, 6) is 0. The molecule has 0 fully saturated rings. The molecule has 0 radical (unpaired) electrons. The summed E-state index contributed by atoms with van der Waals surface area (Å²) in [6.07, 6.45) is 38.5. The minimum absolute atomic E-state index is 1.32. The van der Waals surface area contributed by atoms with E-state index >= 15 is 0 Å². The van der Waals surface area contributed by atoms with Crippen molar-refractivity contribution >= 4 is 0 Å². The average Bonchev–Trinajstić information content (AvgIpc) is 2.62. The molecule has 0 heterocycles. The molecule has 0 saturated carbocycles. The molecule has 1 aliphatic carbocycles. The van der Waals surface area contributed by atoms with Crippen LogP contribution in [0.4, 0.5) is 0 Å². The summed E-state index contributed by atoms with van der Waals surface area (Å²) >= 11 is 0. The maximum Gasteiger partial charge on any atom is -0.0351 e. The summed E-state index contributed by atoms with van der Waals surface area (Å²) in [5.41, 5.74) is 0. The van der Waals surface area contributed by atoms with Crippen molar-refractivity contribution in [3.8, 4) is 0 Å². The quantitative estimate of drug-likeness (QED) is 0.382. The highest BCUT2D eigenvalue weighted by Gasteiger charge is 1.96. The van der Waals surface area contributed by atoms with Gasteiger partial charge in [0.15, 0.2) is 0 Å². The van der Waals surface area contributed by atoms with Crippen LogP contribution in [0.25, 0.3) is 0 Å². The number of hydrogen-bond acceptors (Lipinski definition) is 0. The largest absolute Gasteiger partial charge is 0.0885 e. The Balaban J connectivity index is 2.04. The van der Waals surface area contributed by atoms with Crippen LogP contribution in [0.2, 0.25) is 0 Å². The predicted octanol–water partition coefficient (Wildman–Crippen LogP) is 9.53. The SMILES string of the molecule is C1=C\CCCCCCCCCCCCCCCCCCCCCCC/1. The Hall–Kier alpha value is -0.260. The van der Waals surface area contributed by atoms with E-state index in [0.717, 1.165) is 0 Å². The lowest BCUT2D eigenvalue weighted by Crippen LogP contribution is -1.84. The van der Waals surface area contributed by atoms with E-state index in [1.54, 1.807) is 0 Å². The molecule has 0 amide bonds. The molecular weight excluding hydrogens is 300 g/mol. The maximum atomic E-state index is 2.45. The van der Waals surface area contributed by atoms with Crippen molar-refractivity contribution in [2.24, 2.45) is 0 Å². The Labute approximate surface area is 160 Å². The van der Waals surface area contributed by atoms with E-state index in [0.29, 0.717) is 0 Å². The van der Waals surface area contributed by atoms with Gasteiger partial charge in [-0.05, 0) is 25.7 Å². The average molecular weight is 349 g/mol. The van der Waals surface area contributed by atoms with Gasteiger partial charge in [0.25, 0.3) is 0 Å². The molecule has 0 bridgehead atoms. The normalized spacial score (nSPS) is 24.6. The zero-order valence-electron chi connectivity index (χ0n) is 17.4. The fraction of sp³-hybridized carbons (Fsp3) is 0.920. The van der Waals surface area contributed by atoms with Gasteiger partial charge < -0.3 is 0 Å². The smallest absolute Gasteiger partial charge is 0.0351 e. The van der Waals surface area contributed by atoms with Crippen LogP contribution in [0, 0.1) is 0 Å². The maximum absolute atomic E-state index is 2.45. The Kier molecular flexibility index (Phi) is 18.3. The van der Waals surface area contributed by atoms with E-state index in [4.69, 9.17) is 0 Å². The Morgan fingerprint density at radius 3 is 0.560 bits per heavy atom.